The van der Waals surface area contributed by atoms with E-state index >= 15 is 0 Å². The lowest BCUT2D eigenvalue weighted by molar-refractivity contribution is -0.129. The van der Waals surface area contributed by atoms with Gasteiger partial charge in [0.05, 0.1) is 0 Å². The minimum atomic E-state index is -0.446. The molecule has 0 radical (unpaired) electrons. The first-order valence-corrected chi connectivity index (χ1v) is 9.80. The van der Waals surface area contributed by atoms with E-state index in [1.807, 2.05) is 72.8 Å². The summed E-state index contributed by atoms with van der Waals surface area (Å²) in [5, 5.41) is 0. The zero-order valence-electron chi connectivity index (χ0n) is 14.8. The first-order chi connectivity index (χ1) is 13.7. The number of halogens is 1. The lowest BCUT2D eigenvalue weighted by Gasteiger charge is -2.07. The number of hydrogen-bond donors (Lipinski definition) is 0. The van der Waals surface area contributed by atoms with Crippen LogP contribution in [0.15, 0.2) is 89.6 Å². The van der Waals surface area contributed by atoms with Crippen LogP contribution in [0, 0.1) is 3.57 Å². The summed E-state index contributed by atoms with van der Waals surface area (Å²) in [7, 11) is 0. The second-order valence-corrected chi connectivity index (χ2v) is 7.44. The highest BCUT2D eigenvalue weighted by Crippen LogP contribution is 2.21. The fraction of sp³-hybridized carbons (Fsp3) is 0.0435. The van der Waals surface area contributed by atoms with Gasteiger partial charge in [-0.2, -0.15) is 0 Å². The van der Waals surface area contributed by atoms with Crippen molar-refractivity contribution in [3.8, 4) is 5.75 Å². The molecule has 0 aliphatic carbocycles. The molecule has 5 heteroatoms. The Bertz CT molecular complexity index is 1060. The molecule has 138 valence electrons. The molecule has 3 aromatic carbocycles. The number of hydrogen-bond acceptors (Lipinski definition) is 4. The summed E-state index contributed by atoms with van der Waals surface area (Å²) in [4.78, 5) is 16.4. The number of rotatable bonds is 5. The van der Waals surface area contributed by atoms with Crippen LogP contribution in [-0.2, 0) is 16.1 Å². The monoisotopic (exact) mass is 481 g/mol. The molecule has 0 saturated heterocycles. The largest absolute Gasteiger partial charge is 0.489 e. The number of benzene rings is 3. The molecule has 0 fully saturated rings. The van der Waals surface area contributed by atoms with Crippen molar-refractivity contribution in [3.63, 3.8) is 0 Å². The SMILES string of the molecule is O=C1OC(c2ccccc2)=NC1=Cc1ccc(OCc2cccc(I)c2)cc1. The van der Waals surface area contributed by atoms with Gasteiger partial charge in [0.25, 0.3) is 0 Å². The zero-order chi connectivity index (χ0) is 19.3. The lowest BCUT2D eigenvalue weighted by atomic mass is 10.2. The Morgan fingerprint density at radius 2 is 1.75 bits per heavy atom. The molecule has 0 saturated carbocycles. The van der Waals surface area contributed by atoms with Crippen LogP contribution in [-0.4, -0.2) is 11.9 Å². The number of cyclic esters (lactones) is 1. The summed E-state index contributed by atoms with van der Waals surface area (Å²) >= 11 is 2.28. The predicted molar refractivity (Wildman–Crippen MR) is 117 cm³/mol. The summed E-state index contributed by atoms with van der Waals surface area (Å²) in [6.45, 7) is 0.508. The van der Waals surface area contributed by atoms with E-state index in [1.165, 1.54) is 3.57 Å². The first kappa shape index (κ1) is 18.4. The van der Waals surface area contributed by atoms with Crippen molar-refractivity contribution in [2.24, 2.45) is 4.99 Å². The Morgan fingerprint density at radius 1 is 0.964 bits per heavy atom. The zero-order valence-corrected chi connectivity index (χ0v) is 17.0. The summed E-state index contributed by atoms with van der Waals surface area (Å²) in [5.41, 5.74) is 3.03. The maximum Gasteiger partial charge on any atom is 0.363 e. The summed E-state index contributed by atoms with van der Waals surface area (Å²) in [5.74, 6) is 0.649. The maximum absolute atomic E-state index is 12.1. The average molecular weight is 481 g/mol. The Balaban J connectivity index is 1.45. The van der Waals surface area contributed by atoms with Crippen LogP contribution in [0.5, 0.6) is 5.75 Å². The Morgan fingerprint density at radius 3 is 2.50 bits per heavy atom. The number of aliphatic imine (C=N–C) groups is 1. The molecular formula is C23H16INO3. The first-order valence-electron chi connectivity index (χ1n) is 8.73. The Hall–Kier alpha value is -2.93. The normalized spacial score (nSPS) is 14.7. The predicted octanol–water partition coefficient (Wildman–Crippen LogP) is 5.21. The van der Waals surface area contributed by atoms with E-state index in [0.29, 0.717) is 12.5 Å². The molecule has 28 heavy (non-hydrogen) atoms. The third-order valence-corrected chi connectivity index (χ3v) is 4.79. The maximum atomic E-state index is 12.1. The van der Waals surface area contributed by atoms with Crippen LogP contribution in [0.4, 0.5) is 0 Å². The molecular weight excluding hydrogens is 465 g/mol. The van der Waals surface area contributed by atoms with E-state index < -0.39 is 5.97 Å². The van der Waals surface area contributed by atoms with Gasteiger partial charge >= 0.3 is 5.97 Å². The van der Waals surface area contributed by atoms with Crippen molar-refractivity contribution in [1.82, 2.24) is 0 Å². The minimum Gasteiger partial charge on any atom is -0.489 e. The minimum absolute atomic E-state index is 0.284. The standard InChI is InChI=1S/C23H16INO3/c24-19-8-4-5-17(13-19)15-27-20-11-9-16(10-12-20)14-21-23(26)28-22(25-21)18-6-2-1-3-7-18/h1-14H,15H2. The lowest BCUT2D eigenvalue weighted by Crippen LogP contribution is -2.04. The van der Waals surface area contributed by atoms with E-state index in [1.54, 1.807) is 6.08 Å². The van der Waals surface area contributed by atoms with Gasteiger partial charge in [-0.1, -0.05) is 42.5 Å². The highest BCUT2D eigenvalue weighted by molar-refractivity contribution is 14.1. The molecule has 0 unspecified atom stereocenters. The smallest absolute Gasteiger partial charge is 0.363 e. The van der Waals surface area contributed by atoms with Gasteiger partial charge in [0, 0.05) is 9.13 Å². The summed E-state index contributed by atoms with van der Waals surface area (Å²) in [6.07, 6.45) is 1.71. The van der Waals surface area contributed by atoms with Gasteiger partial charge in [0.15, 0.2) is 5.70 Å². The van der Waals surface area contributed by atoms with Gasteiger partial charge < -0.3 is 9.47 Å². The summed E-state index contributed by atoms with van der Waals surface area (Å²) in [6, 6.07) is 25.1. The Kier molecular flexibility index (Phi) is 5.53. The van der Waals surface area contributed by atoms with Crippen molar-refractivity contribution >= 4 is 40.5 Å². The second-order valence-electron chi connectivity index (χ2n) is 6.19. The van der Waals surface area contributed by atoms with Crippen LogP contribution in [0.3, 0.4) is 0 Å². The topological polar surface area (TPSA) is 47.9 Å². The third-order valence-electron chi connectivity index (χ3n) is 4.12. The molecule has 0 N–H and O–H groups in total. The van der Waals surface area contributed by atoms with Gasteiger partial charge in [-0.25, -0.2) is 9.79 Å². The van der Waals surface area contributed by atoms with E-state index in [2.05, 4.69) is 33.6 Å². The molecule has 1 aliphatic heterocycles. The Labute approximate surface area is 176 Å². The quantitative estimate of drug-likeness (QED) is 0.286. The van der Waals surface area contributed by atoms with Crippen molar-refractivity contribution in [1.29, 1.82) is 0 Å². The number of nitrogens with zero attached hydrogens (tertiary/aromatic N) is 1. The fourth-order valence-corrected chi connectivity index (χ4v) is 3.33. The molecule has 0 atom stereocenters. The van der Waals surface area contributed by atoms with Crippen LogP contribution in [0.25, 0.3) is 6.08 Å². The molecule has 4 rings (SSSR count). The highest BCUT2D eigenvalue weighted by Gasteiger charge is 2.23. The molecule has 1 heterocycles. The summed E-state index contributed by atoms with van der Waals surface area (Å²) < 4.78 is 12.3. The van der Waals surface area contributed by atoms with Crippen LogP contribution in [0.2, 0.25) is 0 Å². The van der Waals surface area contributed by atoms with Crippen LogP contribution in [0.1, 0.15) is 16.7 Å². The third kappa shape index (κ3) is 4.48. The van der Waals surface area contributed by atoms with Gasteiger partial charge in [0.1, 0.15) is 12.4 Å². The second kappa shape index (κ2) is 8.39. The molecule has 0 aromatic heterocycles. The van der Waals surface area contributed by atoms with Crippen molar-refractivity contribution in [2.45, 2.75) is 6.61 Å². The van der Waals surface area contributed by atoms with Crippen molar-refractivity contribution in [3.05, 3.63) is 105 Å². The van der Waals surface area contributed by atoms with E-state index in [-0.39, 0.29) is 5.70 Å². The molecule has 0 spiro atoms. The van der Waals surface area contributed by atoms with Crippen molar-refractivity contribution in [2.75, 3.05) is 0 Å². The van der Waals surface area contributed by atoms with Crippen LogP contribution >= 0.6 is 22.6 Å². The number of ether oxygens (including phenoxy) is 2. The van der Waals surface area contributed by atoms with Gasteiger partial charge in [-0.05, 0) is 76.2 Å². The van der Waals surface area contributed by atoms with E-state index in [4.69, 9.17) is 9.47 Å². The number of esters is 1. The van der Waals surface area contributed by atoms with Crippen molar-refractivity contribution < 1.29 is 14.3 Å². The fourth-order valence-electron chi connectivity index (χ4n) is 2.72. The number of carbonyl (C=O) groups excluding carboxylic acids is 1. The highest BCUT2D eigenvalue weighted by atomic mass is 127. The van der Waals surface area contributed by atoms with Gasteiger partial charge in [-0.3, -0.25) is 0 Å². The average Bonchev–Trinajstić information content (AvgIpc) is 3.09. The molecule has 3 aromatic rings. The van der Waals surface area contributed by atoms with Gasteiger partial charge in [0.2, 0.25) is 5.90 Å². The van der Waals surface area contributed by atoms with Crippen LogP contribution < -0.4 is 4.74 Å². The molecule has 0 bridgehead atoms. The number of carbonyl (C=O) groups is 1. The molecule has 0 amide bonds. The van der Waals surface area contributed by atoms with Gasteiger partial charge in [-0.15, -0.1) is 0 Å². The molecule has 4 nitrogen and oxygen atoms in total. The van der Waals surface area contributed by atoms with E-state index in [9.17, 15) is 4.79 Å². The molecule has 1 aliphatic rings. The van der Waals surface area contributed by atoms with E-state index in [0.717, 1.165) is 22.4 Å².